The van der Waals surface area contributed by atoms with Crippen LogP contribution in [0.2, 0.25) is 0 Å². The third kappa shape index (κ3) is 8.06. The number of aryl methyl sites for hydroxylation is 3. The number of rotatable bonds is 13. The SMILES string of the molecule is CCCCc1cccc2c3[n+](ccc12)C(CC)C(CC)(CC[n+]1ccccc1-c1cc(-c2cccc(-c4cc(-c5ccccc5)cc(-c5cccc6ccccc56)c4)c2)ccc1C)c1ccccc1-3. The highest BCUT2D eigenvalue weighted by Gasteiger charge is 2.51. The summed E-state index contributed by atoms with van der Waals surface area (Å²) < 4.78 is 5.19. The van der Waals surface area contributed by atoms with E-state index in [1.54, 1.807) is 0 Å². The van der Waals surface area contributed by atoms with Gasteiger partial charge in [0.25, 0.3) is 0 Å². The molecule has 2 heteroatoms. The standard InChI is InChI=1S/C67H62N2/c1-5-8-21-49-26-20-32-60-59(49)37-40-69-65(6-2)67(7-3,63-33-15-14-30-61(63)66(60)69)38-41-68-39-17-16-34-64(68)62-46-53(36-35-47(62)4)51-27-18-28-52(42-51)55-43-54(48-22-10-9-11-23-48)44-56(45-55)58-31-19-25-50-24-12-13-29-57(50)58/h9-20,22-37,39-40,42-46,65H,5-8,21,38,41H2,1-4H3/q+2. The summed E-state index contributed by atoms with van der Waals surface area (Å²) in [6.45, 7) is 10.3. The Labute approximate surface area is 409 Å². The lowest BCUT2D eigenvalue weighted by Gasteiger charge is -2.41. The molecule has 0 spiro atoms. The highest BCUT2D eigenvalue weighted by molar-refractivity contribution is 5.99. The zero-order chi connectivity index (χ0) is 46.9. The Bertz CT molecular complexity index is 3490. The summed E-state index contributed by atoms with van der Waals surface area (Å²) in [5, 5.41) is 5.31. The first-order valence-electron chi connectivity index (χ1n) is 25.4. The second-order valence-corrected chi connectivity index (χ2v) is 19.4. The molecule has 0 fully saturated rings. The Balaban J connectivity index is 0.947. The zero-order valence-electron chi connectivity index (χ0n) is 40.6. The van der Waals surface area contributed by atoms with Crippen molar-refractivity contribution in [3.05, 3.63) is 229 Å². The molecule has 3 heterocycles. The summed E-state index contributed by atoms with van der Waals surface area (Å²) in [6, 6.07) is 75.3. The van der Waals surface area contributed by atoms with Crippen molar-refractivity contribution in [3.63, 3.8) is 0 Å². The van der Waals surface area contributed by atoms with Crippen molar-refractivity contribution in [3.8, 4) is 67.0 Å². The number of nitrogens with zero attached hydrogens (tertiary/aromatic N) is 2. The van der Waals surface area contributed by atoms with Gasteiger partial charge in [0, 0.05) is 36.6 Å². The van der Waals surface area contributed by atoms with Crippen molar-refractivity contribution >= 4 is 21.5 Å². The van der Waals surface area contributed by atoms with Crippen molar-refractivity contribution < 1.29 is 9.13 Å². The predicted molar refractivity (Wildman–Crippen MR) is 290 cm³/mol. The van der Waals surface area contributed by atoms with Crippen LogP contribution in [0.25, 0.3) is 88.6 Å². The Morgan fingerprint density at radius 2 is 1.13 bits per heavy atom. The second-order valence-electron chi connectivity index (χ2n) is 19.4. The molecule has 338 valence electrons. The molecule has 0 amide bonds. The van der Waals surface area contributed by atoms with E-state index in [0.717, 1.165) is 32.2 Å². The van der Waals surface area contributed by atoms with Crippen LogP contribution in [0, 0.1) is 6.92 Å². The van der Waals surface area contributed by atoms with E-state index in [1.807, 2.05) is 0 Å². The van der Waals surface area contributed by atoms with Crippen LogP contribution in [0.1, 0.15) is 75.6 Å². The van der Waals surface area contributed by atoms with Gasteiger partial charge in [0.2, 0.25) is 11.4 Å². The Kier molecular flexibility index (Phi) is 12.1. The van der Waals surface area contributed by atoms with Crippen LogP contribution in [0.3, 0.4) is 0 Å². The van der Waals surface area contributed by atoms with Crippen molar-refractivity contribution in [2.24, 2.45) is 0 Å². The molecule has 2 aromatic heterocycles. The number of hydrogen-bond acceptors (Lipinski definition) is 0. The van der Waals surface area contributed by atoms with Crippen LogP contribution in [0.15, 0.2) is 213 Å². The van der Waals surface area contributed by atoms with E-state index in [4.69, 9.17) is 0 Å². The van der Waals surface area contributed by atoms with Crippen LogP contribution in [-0.4, -0.2) is 0 Å². The molecule has 1 aliphatic rings. The van der Waals surface area contributed by atoms with Crippen LogP contribution in [-0.2, 0) is 18.4 Å². The minimum atomic E-state index is -0.0424. The average molecular weight is 895 g/mol. The molecule has 10 aromatic rings. The van der Waals surface area contributed by atoms with Crippen LogP contribution >= 0.6 is 0 Å². The number of aromatic nitrogens is 2. The normalized spacial score (nSPS) is 15.3. The number of fused-ring (bicyclic) bond motifs is 6. The summed E-state index contributed by atoms with van der Waals surface area (Å²) in [5.41, 5.74) is 19.3. The van der Waals surface area contributed by atoms with Crippen molar-refractivity contribution in [1.29, 1.82) is 0 Å². The average Bonchev–Trinajstić information content (AvgIpc) is 3.41. The molecule has 0 aliphatic carbocycles. The molecule has 8 aromatic carbocycles. The first-order valence-corrected chi connectivity index (χ1v) is 25.4. The Morgan fingerprint density at radius 3 is 1.97 bits per heavy atom. The van der Waals surface area contributed by atoms with E-state index >= 15 is 0 Å². The van der Waals surface area contributed by atoms with Gasteiger partial charge in [0.1, 0.15) is 6.54 Å². The Morgan fingerprint density at radius 1 is 0.478 bits per heavy atom. The predicted octanol–water partition coefficient (Wildman–Crippen LogP) is 16.9. The lowest BCUT2D eigenvalue weighted by Crippen LogP contribution is -2.56. The van der Waals surface area contributed by atoms with Gasteiger partial charge in [0.15, 0.2) is 18.4 Å². The van der Waals surface area contributed by atoms with Gasteiger partial charge in [-0.25, -0.2) is 0 Å². The molecule has 0 bridgehead atoms. The molecule has 0 saturated carbocycles. The first kappa shape index (κ1) is 44.1. The molecule has 2 atom stereocenters. The highest BCUT2D eigenvalue weighted by Crippen LogP contribution is 2.50. The summed E-state index contributed by atoms with van der Waals surface area (Å²) in [6.07, 6.45) is 11.4. The lowest BCUT2D eigenvalue weighted by molar-refractivity contribution is -0.729. The van der Waals surface area contributed by atoms with Crippen molar-refractivity contribution in [2.75, 3.05) is 0 Å². The minimum absolute atomic E-state index is 0.0424. The highest BCUT2D eigenvalue weighted by atomic mass is 15.0. The smallest absolute Gasteiger partial charge is 0.198 e. The van der Waals surface area contributed by atoms with E-state index in [9.17, 15) is 0 Å². The number of unbranched alkanes of at least 4 members (excludes halogenated alkanes) is 1. The maximum absolute atomic E-state index is 2.67. The zero-order valence-corrected chi connectivity index (χ0v) is 40.6. The molecular weight excluding hydrogens is 833 g/mol. The van der Waals surface area contributed by atoms with Gasteiger partial charge in [-0.15, -0.1) is 0 Å². The molecular formula is C67H62N2+2. The molecule has 0 radical (unpaired) electrons. The number of hydrogen-bond donors (Lipinski definition) is 0. The number of pyridine rings is 2. The summed E-state index contributed by atoms with van der Waals surface area (Å²) >= 11 is 0. The topological polar surface area (TPSA) is 7.76 Å². The van der Waals surface area contributed by atoms with Gasteiger partial charge >= 0.3 is 0 Å². The third-order valence-electron chi connectivity index (χ3n) is 15.5. The van der Waals surface area contributed by atoms with Crippen molar-refractivity contribution in [1.82, 2.24) is 0 Å². The summed E-state index contributed by atoms with van der Waals surface area (Å²) in [7, 11) is 0. The molecule has 2 nitrogen and oxygen atoms in total. The summed E-state index contributed by atoms with van der Waals surface area (Å²) in [5.74, 6) is 0. The Hall–Kier alpha value is -7.42. The fourth-order valence-corrected chi connectivity index (χ4v) is 12.0. The van der Waals surface area contributed by atoms with E-state index in [1.165, 1.54) is 118 Å². The van der Waals surface area contributed by atoms with Crippen LogP contribution < -0.4 is 9.13 Å². The number of benzene rings is 8. The lowest BCUT2D eigenvalue weighted by atomic mass is 9.64. The monoisotopic (exact) mass is 894 g/mol. The van der Waals surface area contributed by atoms with Crippen LogP contribution in [0.4, 0.5) is 0 Å². The van der Waals surface area contributed by atoms with Crippen molar-refractivity contribution in [2.45, 2.75) is 84.2 Å². The molecule has 2 unspecified atom stereocenters. The van der Waals surface area contributed by atoms with E-state index in [0.29, 0.717) is 6.04 Å². The quantitative estimate of drug-likeness (QED) is 0.102. The van der Waals surface area contributed by atoms with Gasteiger partial charge in [-0.05, 0) is 152 Å². The van der Waals surface area contributed by atoms with E-state index < -0.39 is 0 Å². The van der Waals surface area contributed by atoms with Gasteiger partial charge in [-0.2, -0.15) is 9.13 Å². The molecule has 0 N–H and O–H groups in total. The maximum atomic E-state index is 2.67. The van der Waals surface area contributed by atoms with E-state index in [2.05, 4.69) is 249 Å². The molecule has 1 aliphatic heterocycles. The fourth-order valence-electron chi connectivity index (χ4n) is 12.0. The summed E-state index contributed by atoms with van der Waals surface area (Å²) in [4.78, 5) is 0. The minimum Gasteiger partial charge on any atom is -0.198 e. The van der Waals surface area contributed by atoms with Gasteiger partial charge in [0.05, 0.1) is 16.4 Å². The molecule has 0 saturated heterocycles. The first-order chi connectivity index (χ1) is 34.0. The molecule has 69 heavy (non-hydrogen) atoms. The fraction of sp³-hybridized carbons (Fsp3) is 0.194. The van der Waals surface area contributed by atoms with Gasteiger partial charge < -0.3 is 0 Å². The second kappa shape index (κ2) is 18.9. The third-order valence-corrected chi connectivity index (χ3v) is 15.5. The largest absolute Gasteiger partial charge is 0.220 e. The van der Waals surface area contributed by atoms with E-state index in [-0.39, 0.29) is 5.41 Å². The van der Waals surface area contributed by atoms with Gasteiger partial charge in [-0.1, -0.05) is 161 Å². The van der Waals surface area contributed by atoms with Gasteiger partial charge in [-0.3, -0.25) is 0 Å². The molecule has 11 rings (SSSR count). The maximum Gasteiger partial charge on any atom is 0.220 e. The van der Waals surface area contributed by atoms with Crippen LogP contribution in [0.5, 0.6) is 0 Å².